The third kappa shape index (κ3) is 3.65. The van der Waals surface area contributed by atoms with Crippen LogP contribution in [-0.2, 0) is 20.8 Å². The van der Waals surface area contributed by atoms with Crippen LogP contribution in [-0.4, -0.2) is 28.9 Å². The van der Waals surface area contributed by atoms with Gasteiger partial charge in [0.2, 0.25) is 5.91 Å². The number of rotatable bonds is 5. The van der Waals surface area contributed by atoms with Crippen molar-refractivity contribution in [1.82, 2.24) is 0 Å². The molecule has 1 atom stereocenters. The molecule has 2 amide bonds. The lowest BCUT2D eigenvalue weighted by molar-refractivity contribution is -0.136. The van der Waals surface area contributed by atoms with Crippen molar-refractivity contribution >= 4 is 29.2 Å². The number of amides is 2. The zero-order valence-electron chi connectivity index (χ0n) is 13.1. The zero-order chi connectivity index (χ0) is 18.0. The molecule has 7 heteroatoms. The zero-order valence-corrected chi connectivity index (χ0v) is 13.1. The average molecular weight is 342 g/mol. The van der Waals surface area contributed by atoms with Crippen LogP contribution in [0.4, 0.5) is 15.8 Å². The van der Waals surface area contributed by atoms with Crippen LogP contribution in [0.1, 0.15) is 12.0 Å². The first-order chi connectivity index (χ1) is 11.9. The number of carbonyl (C=O) groups excluding carboxylic acids is 2. The van der Waals surface area contributed by atoms with Gasteiger partial charge in [-0.05, 0) is 42.0 Å². The maximum absolute atomic E-state index is 12.9. The molecule has 1 aliphatic rings. The summed E-state index contributed by atoms with van der Waals surface area (Å²) >= 11 is 0. The Morgan fingerprint density at radius 2 is 1.76 bits per heavy atom. The van der Waals surface area contributed by atoms with E-state index in [0.29, 0.717) is 16.9 Å². The maximum atomic E-state index is 12.9. The van der Waals surface area contributed by atoms with Crippen molar-refractivity contribution < 1.29 is 23.9 Å². The van der Waals surface area contributed by atoms with Crippen LogP contribution in [0.15, 0.2) is 48.5 Å². The van der Waals surface area contributed by atoms with Gasteiger partial charge >= 0.3 is 5.97 Å². The van der Waals surface area contributed by atoms with E-state index in [1.807, 2.05) is 0 Å². The maximum Gasteiger partial charge on any atom is 0.307 e. The molecule has 1 fully saturated rings. The smallest absolute Gasteiger partial charge is 0.307 e. The number of hydrogen-bond acceptors (Lipinski definition) is 4. The molecule has 3 rings (SSSR count). The largest absolute Gasteiger partial charge is 0.481 e. The highest BCUT2D eigenvalue weighted by atomic mass is 19.1. The van der Waals surface area contributed by atoms with Crippen molar-refractivity contribution in [2.45, 2.75) is 18.9 Å². The van der Waals surface area contributed by atoms with E-state index in [9.17, 15) is 18.8 Å². The van der Waals surface area contributed by atoms with E-state index in [4.69, 9.17) is 5.11 Å². The Labute approximate surface area is 142 Å². The van der Waals surface area contributed by atoms with Crippen LogP contribution < -0.4 is 10.2 Å². The van der Waals surface area contributed by atoms with Crippen molar-refractivity contribution in [2.24, 2.45) is 0 Å². The molecule has 128 valence electrons. The summed E-state index contributed by atoms with van der Waals surface area (Å²) in [7, 11) is 0. The lowest BCUT2D eigenvalue weighted by Gasteiger charge is -2.16. The first kappa shape index (κ1) is 16.6. The third-order valence-corrected chi connectivity index (χ3v) is 3.88. The van der Waals surface area contributed by atoms with E-state index in [1.54, 1.807) is 24.3 Å². The Morgan fingerprint density at radius 3 is 2.36 bits per heavy atom. The van der Waals surface area contributed by atoms with E-state index in [2.05, 4.69) is 5.32 Å². The normalized spacial score (nSPS) is 17.0. The van der Waals surface area contributed by atoms with Crippen LogP contribution in [0.5, 0.6) is 0 Å². The van der Waals surface area contributed by atoms with Crippen LogP contribution in [0, 0.1) is 5.82 Å². The van der Waals surface area contributed by atoms with Gasteiger partial charge in [-0.3, -0.25) is 14.4 Å². The second-order valence-corrected chi connectivity index (χ2v) is 5.71. The number of hydrogen-bond donors (Lipinski definition) is 2. The Balaban J connectivity index is 1.74. The Bertz CT molecular complexity index is 818. The highest BCUT2D eigenvalue weighted by molar-refractivity contribution is 6.23. The molecule has 1 saturated heterocycles. The lowest BCUT2D eigenvalue weighted by Crippen LogP contribution is -2.34. The number of anilines is 2. The van der Waals surface area contributed by atoms with Gasteiger partial charge in [0.15, 0.2) is 0 Å². The van der Waals surface area contributed by atoms with Gasteiger partial charge in [-0.25, -0.2) is 9.29 Å². The molecule has 0 aliphatic carbocycles. The number of carboxylic acid groups (broad SMARTS) is 1. The second kappa shape index (κ2) is 6.72. The summed E-state index contributed by atoms with van der Waals surface area (Å²) in [5.74, 6) is -2.09. The van der Waals surface area contributed by atoms with E-state index >= 15 is 0 Å². The summed E-state index contributed by atoms with van der Waals surface area (Å²) < 4.78 is 12.9. The molecule has 25 heavy (non-hydrogen) atoms. The standard InChI is InChI=1S/C18H15FN2O4/c19-12-3-5-13(6-4-12)20-15-10-16(22)21(18(15)25)14-7-1-11(2-8-14)9-17(23)24/h1-8,15,20H,9-10H2,(H,23,24). The summed E-state index contributed by atoms with van der Waals surface area (Å²) in [5.41, 5.74) is 1.52. The molecule has 2 aromatic rings. The van der Waals surface area contributed by atoms with Gasteiger partial charge in [-0.2, -0.15) is 0 Å². The third-order valence-electron chi connectivity index (χ3n) is 3.88. The minimum Gasteiger partial charge on any atom is -0.481 e. The predicted molar refractivity (Wildman–Crippen MR) is 88.7 cm³/mol. The fourth-order valence-electron chi connectivity index (χ4n) is 2.70. The number of nitrogens with one attached hydrogen (secondary N) is 1. The predicted octanol–water partition coefficient (Wildman–Crippen LogP) is 2.20. The van der Waals surface area contributed by atoms with E-state index in [0.717, 1.165) is 4.90 Å². The van der Waals surface area contributed by atoms with Crippen LogP contribution in [0.3, 0.4) is 0 Å². The molecule has 2 N–H and O–H groups in total. The molecule has 1 aliphatic heterocycles. The molecule has 6 nitrogen and oxygen atoms in total. The number of aliphatic carboxylic acids is 1. The number of imide groups is 1. The van der Waals surface area contributed by atoms with Gasteiger partial charge in [-0.15, -0.1) is 0 Å². The van der Waals surface area contributed by atoms with Crippen molar-refractivity contribution in [1.29, 1.82) is 0 Å². The lowest BCUT2D eigenvalue weighted by atomic mass is 10.1. The van der Waals surface area contributed by atoms with Crippen LogP contribution in [0.2, 0.25) is 0 Å². The number of halogens is 1. The van der Waals surface area contributed by atoms with Crippen molar-refractivity contribution in [3.05, 3.63) is 59.9 Å². The average Bonchev–Trinajstić information content (AvgIpc) is 2.84. The summed E-state index contributed by atoms with van der Waals surface area (Å²) in [6.07, 6.45) is -0.135. The van der Waals surface area contributed by atoms with E-state index < -0.39 is 17.9 Å². The number of benzene rings is 2. The molecule has 1 heterocycles. The fourth-order valence-corrected chi connectivity index (χ4v) is 2.70. The van der Waals surface area contributed by atoms with Gasteiger partial charge in [0.05, 0.1) is 18.5 Å². The molecule has 2 aromatic carbocycles. The van der Waals surface area contributed by atoms with Gasteiger partial charge in [0.25, 0.3) is 5.91 Å². The van der Waals surface area contributed by atoms with E-state index in [1.165, 1.54) is 24.3 Å². The van der Waals surface area contributed by atoms with Gasteiger partial charge in [-0.1, -0.05) is 12.1 Å². The molecule has 0 aromatic heterocycles. The fraction of sp³-hybridized carbons (Fsp3) is 0.167. The number of carbonyl (C=O) groups is 3. The van der Waals surface area contributed by atoms with Gasteiger partial charge in [0, 0.05) is 5.69 Å². The van der Waals surface area contributed by atoms with Crippen LogP contribution >= 0.6 is 0 Å². The first-order valence-electron chi connectivity index (χ1n) is 7.63. The molecule has 0 bridgehead atoms. The number of nitrogens with zero attached hydrogens (tertiary/aromatic N) is 1. The molecule has 0 spiro atoms. The molecular weight excluding hydrogens is 327 g/mol. The van der Waals surface area contributed by atoms with Crippen LogP contribution in [0.25, 0.3) is 0 Å². The van der Waals surface area contributed by atoms with E-state index in [-0.39, 0.29) is 24.6 Å². The topological polar surface area (TPSA) is 86.7 Å². The molecule has 0 radical (unpaired) electrons. The summed E-state index contributed by atoms with van der Waals surface area (Å²) in [4.78, 5) is 36.5. The Morgan fingerprint density at radius 1 is 1.12 bits per heavy atom. The Kier molecular flexibility index (Phi) is 4.47. The summed E-state index contributed by atoms with van der Waals surface area (Å²) in [6, 6.07) is 11.0. The quantitative estimate of drug-likeness (QED) is 0.814. The first-order valence-corrected chi connectivity index (χ1v) is 7.63. The number of carboxylic acids is 1. The molecule has 1 unspecified atom stereocenters. The monoisotopic (exact) mass is 342 g/mol. The SMILES string of the molecule is O=C(O)Cc1ccc(N2C(=O)CC(Nc3ccc(F)cc3)C2=O)cc1. The van der Waals surface area contributed by atoms with Crippen molar-refractivity contribution in [2.75, 3.05) is 10.2 Å². The summed E-state index contributed by atoms with van der Waals surface area (Å²) in [5, 5.41) is 11.7. The minimum atomic E-state index is -0.954. The molecule has 0 saturated carbocycles. The van der Waals surface area contributed by atoms with Gasteiger partial charge in [0.1, 0.15) is 11.9 Å². The van der Waals surface area contributed by atoms with Gasteiger partial charge < -0.3 is 10.4 Å². The highest BCUT2D eigenvalue weighted by Gasteiger charge is 2.39. The Hall–Kier alpha value is -3.22. The molecular formula is C18H15FN2O4. The minimum absolute atomic E-state index is 0.00686. The second-order valence-electron chi connectivity index (χ2n) is 5.71. The van der Waals surface area contributed by atoms with Crippen molar-refractivity contribution in [3.63, 3.8) is 0 Å². The summed E-state index contributed by atoms with van der Waals surface area (Å²) in [6.45, 7) is 0. The highest BCUT2D eigenvalue weighted by Crippen LogP contribution is 2.25. The van der Waals surface area contributed by atoms with Crippen molar-refractivity contribution in [3.8, 4) is 0 Å².